The van der Waals surface area contributed by atoms with Crippen LogP contribution in [-0.4, -0.2) is 49.9 Å². The van der Waals surface area contributed by atoms with Crippen LogP contribution in [0.15, 0.2) is 42.5 Å². The second-order valence-corrected chi connectivity index (χ2v) is 8.30. The largest absolute Gasteiger partial charge is 0.484 e. The molecule has 0 bridgehead atoms. The fraction of sp³-hybridized carbons (Fsp3) is 0.375. The van der Waals surface area contributed by atoms with Crippen LogP contribution in [0.1, 0.15) is 24.0 Å². The summed E-state index contributed by atoms with van der Waals surface area (Å²) in [6.07, 6.45) is 3.52. The molecule has 1 N–H and O–H groups in total. The highest BCUT2D eigenvalue weighted by Gasteiger charge is 2.35. The van der Waals surface area contributed by atoms with Crippen molar-refractivity contribution in [3.05, 3.63) is 53.6 Å². The van der Waals surface area contributed by atoms with Crippen LogP contribution >= 0.6 is 0 Å². The van der Waals surface area contributed by atoms with Crippen LogP contribution in [0.5, 0.6) is 5.75 Å². The zero-order chi connectivity index (χ0) is 22.0. The summed E-state index contributed by atoms with van der Waals surface area (Å²) in [6, 6.07) is 13.0. The molecule has 7 heteroatoms. The van der Waals surface area contributed by atoms with Gasteiger partial charge < -0.3 is 19.9 Å². The molecule has 0 spiro atoms. The van der Waals surface area contributed by atoms with Crippen molar-refractivity contribution in [3.8, 4) is 5.75 Å². The number of anilines is 2. The number of amides is 3. The van der Waals surface area contributed by atoms with Gasteiger partial charge in [-0.2, -0.15) is 0 Å². The lowest BCUT2D eigenvalue weighted by Crippen LogP contribution is -2.28. The van der Waals surface area contributed by atoms with Gasteiger partial charge in [0.25, 0.3) is 5.91 Å². The van der Waals surface area contributed by atoms with Gasteiger partial charge in [0.05, 0.1) is 5.92 Å². The smallest absolute Gasteiger partial charge is 0.259 e. The summed E-state index contributed by atoms with van der Waals surface area (Å²) in [5.74, 6) is -0.168. The Morgan fingerprint density at radius 1 is 1.10 bits per heavy atom. The summed E-state index contributed by atoms with van der Waals surface area (Å²) in [5.41, 5.74) is 4.19. The SMILES string of the molecule is CN(C)C(=O)COc1ccc(NC(=O)C2CC(=O)N(c3ccc4c(c3)CCC4)C2)cc1. The quantitative estimate of drug-likeness (QED) is 0.778. The number of benzene rings is 2. The van der Waals surface area contributed by atoms with Gasteiger partial charge in [0.1, 0.15) is 5.75 Å². The number of likely N-dealkylation sites (N-methyl/N-ethyl adjacent to an activating group) is 1. The highest BCUT2D eigenvalue weighted by molar-refractivity contribution is 6.03. The van der Waals surface area contributed by atoms with E-state index < -0.39 is 5.92 Å². The van der Waals surface area contributed by atoms with E-state index >= 15 is 0 Å². The van der Waals surface area contributed by atoms with Gasteiger partial charge in [0.2, 0.25) is 11.8 Å². The normalized spacial score (nSPS) is 17.4. The number of nitrogens with zero attached hydrogens (tertiary/aromatic N) is 2. The lowest BCUT2D eigenvalue weighted by Gasteiger charge is -2.18. The fourth-order valence-electron chi connectivity index (χ4n) is 4.01. The first-order chi connectivity index (χ1) is 14.9. The Hall–Kier alpha value is -3.35. The maximum absolute atomic E-state index is 12.7. The van der Waals surface area contributed by atoms with Gasteiger partial charge in [-0.25, -0.2) is 0 Å². The van der Waals surface area contributed by atoms with Crippen molar-refractivity contribution in [3.63, 3.8) is 0 Å². The lowest BCUT2D eigenvalue weighted by molar-refractivity contribution is -0.130. The van der Waals surface area contributed by atoms with Gasteiger partial charge in [-0.1, -0.05) is 6.07 Å². The van der Waals surface area contributed by atoms with Crippen molar-refractivity contribution in [1.29, 1.82) is 0 Å². The first-order valence-electron chi connectivity index (χ1n) is 10.6. The Labute approximate surface area is 182 Å². The van der Waals surface area contributed by atoms with E-state index in [1.165, 1.54) is 16.0 Å². The minimum Gasteiger partial charge on any atom is -0.484 e. The van der Waals surface area contributed by atoms with Crippen LogP contribution in [-0.2, 0) is 27.2 Å². The van der Waals surface area contributed by atoms with Gasteiger partial charge in [-0.15, -0.1) is 0 Å². The minimum absolute atomic E-state index is 0.0209. The zero-order valence-electron chi connectivity index (χ0n) is 17.9. The number of fused-ring (bicyclic) bond motifs is 1. The summed E-state index contributed by atoms with van der Waals surface area (Å²) >= 11 is 0. The topological polar surface area (TPSA) is 79.0 Å². The molecule has 1 aliphatic carbocycles. The van der Waals surface area contributed by atoms with Crippen molar-refractivity contribution in [2.75, 3.05) is 37.5 Å². The zero-order valence-corrected chi connectivity index (χ0v) is 17.9. The number of aryl methyl sites for hydroxylation is 2. The second kappa shape index (κ2) is 8.79. The molecular weight excluding hydrogens is 394 g/mol. The molecule has 0 radical (unpaired) electrons. The molecule has 2 aliphatic rings. The van der Waals surface area contributed by atoms with E-state index in [2.05, 4.69) is 17.4 Å². The molecule has 31 heavy (non-hydrogen) atoms. The monoisotopic (exact) mass is 421 g/mol. The van der Waals surface area contributed by atoms with Gasteiger partial charge in [-0.05, 0) is 66.8 Å². The third-order valence-corrected chi connectivity index (χ3v) is 5.87. The van der Waals surface area contributed by atoms with E-state index in [0.29, 0.717) is 18.0 Å². The van der Waals surface area contributed by atoms with Gasteiger partial charge in [0, 0.05) is 38.4 Å². The third kappa shape index (κ3) is 4.71. The molecule has 1 aliphatic heterocycles. The maximum atomic E-state index is 12.7. The Morgan fingerprint density at radius 3 is 2.58 bits per heavy atom. The molecule has 0 aromatic heterocycles. The summed E-state index contributed by atoms with van der Waals surface area (Å²) in [6.45, 7) is 0.346. The summed E-state index contributed by atoms with van der Waals surface area (Å²) in [5, 5.41) is 2.88. The predicted octanol–water partition coefficient (Wildman–Crippen LogP) is 2.63. The van der Waals surface area contributed by atoms with Crippen molar-refractivity contribution in [2.45, 2.75) is 25.7 Å². The second-order valence-electron chi connectivity index (χ2n) is 8.30. The Kier molecular flexibility index (Phi) is 5.93. The van der Waals surface area contributed by atoms with E-state index in [0.717, 1.165) is 24.9 Å². The molecule has 2 aromatic rings. The van der Waals surface area contributed by atoms with Crippen molar-refractivity contribution in [1.82, 2.24) is 4.90 Å². The number of hydrogen-bond acceptors (Lipinski definition) is 4. The number of hydrogen-bond donors (Lipinski definition) is 1. The molecule has 7 nitrogen and oxygen atoms in total. The van der Waals surface area contributed by atoms with Crippen LogP contribution in [0, 0.1) is 5.92 Å². The molecule has 0 saturated carbocycles. The van der Waals surface area contributed by atoms with Crippen LogP contribution in [0.2, 0.25) is 0 Å². The molecule has 1 atom stereocenters. The summed E-state index contributed by atoms with van der Waals surface area (Å²) in [4.78, 5) is 40.1. The molecular formula is C24H27N3O4. The highest BCUT2D eigenvalue weighted by atomic mass is 16.5. The summed E-state index contributed by atoms with van der Waals surface area (Å²) < 4.78 is 5.44. The molecule has 1 heterocycles. The highest BCUT2D eigenvalue weighted by Crippen LogP contribution is 2.31. The molecule has 1 fully saturated rings. The molecule has 2 aromatic carbocycles. The van der Waals surface area contributed by atoms with E-state index in [1.54, 1.807) is 43.3 Å². The molecule has 162 valence electrons. The maximum Gasteiger partial charge on any atom is 0.259 e. The number of carbonyl (C=O) groups excluding carboxylic acids is 3. The first-order valence-corrected chi connectivity index (χ1v) is 10.6. The molecule has 1 saturated heterocycles. The fourth-order valence-corrected chi connectivity index (χ4v) is 4.01. The Balaban J connectivity index is 1.34. The van der Waals surface area contributed by atoms with Gasteiger partial charge >= 0.3 is 0 Å². The van der Waals surface area contributed by atoms with Crippen LogP contribution in [0.3, 0.4) is 0 Å². The van der Waals surface area contributed by atoms with Crippen molar-refractivity contribution in [2.24, 2.45) is 5.92 Å². The summed E-state index contributed by atoms with van der Waals surface area (Å²) in [7, 11) is 3.34. The molecule has 4 rings (SSSR count). The van der Waals surface area contributed by atoms with Crippen LogP contribution < -0.4 is 15.0 Å². The van der Waals surface area contributed by atoms with E-state index in [1.807, 2.05) is 6.07 Å². The molecule has 3 amide bonds. The Morgan fingerprint density at radius 2 is 1.84 bits per heavy atom. The number of nitrogens with one attached hydrogen (secondary N) is 1. The average Bonchev–Trinajstić information content (AvgIpc) is 3.38. The Bertz CT molecular complexity index is 1000. The standard InChI is InChI=1S/C24H27N3O4/c1-26(2)23(29)15-31-21-10-7-19(8-11-21)25-24(30)18-13-22(28)27(14-18)20-9-6-16-4-3-5-17(16)12-20/h6-12,18H,3-5,13-15H2,1-2H3,(H,25,30). The van der Waals surface area contributed by atoms with E-state index in [-0.39, 0.29) is 30.7 Å². The van der Waals surface area contributed by atoms with Gasteiger partial charge in [0.15, 0.2) is 6.61 Å². The number of carbonyl (C=O) groups is 3. The van der Waals surface area contributed by atoms with Gasteiger partial charge in [-0.3, -0.25) is 14.4 Å². The van der Waals surface area contributed by atoms with Crippen molar-refractivity contribution < 1.29 is 19.1 Å². The first kappa shape index (κ1) is 20.9. The predicted molar refractivity (Wildman–Crippen MR) is 118 cm³/mol. The van der Waals surface area contributed by atoms with Crippen LogP contribution in [0.4, 0.5) is 11.4 Å². The minimum atomic E-state index is -0.394. The number of ether oxygens (including phenoxy) is 1. The number of rotatable bonds is 6. The lowest BCUT2D eigenvalue weighted by atomic mass is 10.1. The van der Waals surface area contributed by atoms with E-state index in [9.17, 15) is 14.4 Å². The average molecular weight is 421 g/mol. The van der Waals surface area contributed by atoms with Crippen molar-refractivity contribution >= 4 is 29.1 Å². The van der Waals surface area contributed by atoms with E-state index in [4.69, 9.17) is 4.74 Å². The third-order valence-electron chi connectivity index (χ3n) is 5.87. The van der Waals surface area contributed by atoms with Crippen LogP contribution in [0.25, 0.3) is 0 Å². The molecule has 1 unspecified atom stereocenters.